The standard InChI is InChI=1S/C18H24N6O/c1-13-10-15(23-18(21-13)24-8-3-4-9-24)12-20-17(19)22-14-6-5-7-16(11-14)25-2/h5-7,10-11H,3-4,8-9,12H2,1-2H3,(H3,19,20,22). The first-order valence-corrected chi connectivity index (χ1v) is 8.44. The van der Waals surface area contributed by atoms with Gasteiger partial charge in [-0.05, 0) is 38.0 Å². The van der Waals surface area contributed by atoms with Gasteiger partial charge in [0, 0.05) is 30.5 Å². The first-order valence-electron chi connectivity index (χ1n) is 8.44. The van der Waals surface area contributed by atoms with Crippen LogP contribution < -0.4 is 20.7 Å². The van der Waals surface area contributed by atoms with Crippen molar-refractivity contribution < 1.29 is 4.74 Å². The minimum atomic E-state index is 0.340. The summed E-state index contributed by atoms with van der Waals surface area (Å²) < 4.78 is 5.20. The molecule has 1 aliphatic heterocycles. The van der Waals surface area contributed by atoms with Crippen molar-refractivity contribution >= 4 is 17.6 Å². The van der Waals surface area contributed by atoms with Crippen molar-refractivity contribution in [3.8, 4) is 5.75 Å². The Kier molecular flexibility index (Phi) is 5.33. The summed E-state index contributed by atoms with van der Waals surface area (Å²) in [5.74, 6) is 1.90. The van der Waals surface area contributed by atoms with Gasteiger partial charge in [0.25, 0.3) is 0 Å². The van der Waals surface area contributed by atoms with Crippen molar-refractivity contribution in [2.45, 2.75) is 26.3 Å². The summed E-state index contributed by atoms with van der Waals surface area (Å²) in [6, 6.07) is 9.49. The van der Waals surface area contributed by atoms with Crippen molar-refractivity contribution in [3.63, 3.8) is 0 Å². The molecule has 3 rings (SSSR count). The van der Waals surface area contributed by atoms with Crippen molar-refractivity contribution in [1.29, 1.82) is 0 Å². The number of nitrogens with one attached hydrogen (secondary N) is 1. The highest BCUT2D eigenvalue weighted by Gasteiger charge is 2.15. The average molecular weight is 340 g/mol. The Labute approximate surface area is 147 Å². The predicted octanol–water partition coefficient (Wildman–Crippen LogP) is 2.32. The minimum Gasteiger partial charge on any atom is -0.497 e. The molecule has 0 saturated carbocycles. The number of ether oxygens (including phenoxy) is 1. The van der Waals surface area contributed by atoms with Gasteiger partial charge in [0.15, 0.2) is 5.96 Å². The Bertz CT molecular complexity index is 755. The smallest absolute Gasteiger partial charge is 0.225 e. The summed E-state index contributed by atoms with van der Waals surface area (Å²) in [5, 5.41) is 3.07. The highest BCUT2D eigenvalue weighted by molar-refractivity contribution is 5.92. The first kappa shape index (κ1) is 17.0. The summed E-state index contributed by atoms with van der Waals surface area (Å²) in [7, 11) is 1.63. The molecule has 1 aromatic heterocycles. The number of nitrogens with zero attached hydrogens (tertiary/aromatic N) is 4. The Balaban J connectivity index is 1.67. The molecule has 0 radical (unpaired) electrons. The van der Waals surface area contributed by atoms with Crippen LogP contribution >= 0.6 is 0 Å². The highest BCUT2D eigenvalue weighted by atomic mass is 16.5. The number of rotatable bonds is 5. The first-order chi connectivity index (χ1) is 12.1. The molecule has 3 N–H and O–H groups in total. The van der Waals surface area contributed by atoms with Gasteiger partial charge in [0.1, 0.15) is 5.75 Å². The molecule has 25 heavy (non-hydrogen) atoms. The number of aromatic nitrogens is 2. The van der Waals surface area contributed by atoms with Gasteiger partial charge in [0.05, 0.1) is 19.3 Å². The molecule has 0 atom stereocenters. The highest BCUT2D eigenvalue weighted by Crippen LogP contribution is 2.18. The Hall–Kier alpha value is -2.83. The van der Waals surface area contributed by atoms with E-state index in [1.807, 2.05) is 37.3 Å². The van der Waals surface area contributed by atoms with E-state index in [1.165, 1.54) is 12.8 Å². The number of aryl methyl sites for hydroxylation is 1. The maximum absolute atomic E-state index is 5.99. The maximum Gasteiger partial charge on any atom is 0.225 e. The molecule has 0 unspecified atom stereocenters. The van der Waals surface area contributed by atoms with Crippen LogP contribution in [0.2, 0.25) is 0 Å². The summed E-state index contributed by atoms with van der Waals surface area (Å²) >= 11 is 0. The Morgan fingerprint density at radius 3 is 2.84 bits per heavy atom. The molecule has 0 amide bonds. The number of methoxy groups -OCH3 is 1. The van der Waals surface area contributed by atoms with E-state index < -0.39 is 0 Å². The number of aliphatic imine (C=N–C) groups is 1. The van der Waals surface area contributed by atoms with E-state index in [2.05, 4.69) is 25.2 Å². The predicted molar refractivity (Wildman–Crippen MR) is 100 cm³/mol. The fourth-order valence-electron chi connectivity index (χ4n) is 2.81. The Morgan fingerprint density at radius 1 is 1.28 bits per heavy atom. The third kappa shape index (κ3) is 4.59. The lowest BCUT2D eigenvalue weighted by molar-refractivity contribution is 0.415. The maximum atomic E-state index is 5.99. The molecule has 1 aromatic carbocycles. The molecule has 7 nitrogen and oxygen atoms in total. The molecular formula is C18H24N6O. The zero-order valence-electron chi connectivity index (χ0n) is 14.7. The number of anilines is 2. The fraction of sp³-hybridized carbons (Fsp3) is 0.389. The van der Waals surface area contributed by atoms with E-state index in [-0.39, 0.29) is 0 Å². The summed E-state index contributed by atoms with van der Waals surface area (Å²) in [5.41, 5.74) is 8.63. The molecule has 132 valence electrons. The minimum absolute atomic E-state index is 0.340. The third-order valence-corrected chi connectivity index (χ3v) is 4.04. The van der Waals surface area contributed by atoms with Crippen molar-refractivity contribution in [3.05, 3.63) is 41.7 Å². The number of guanidine groups is 1. The lowest BCUT2D eigenvalue weighted by atomic mass is 10.3. The molecule has 1 fully saturated rings. The summed E-state index contributed by atoms with van der Waals surface area (Å²) in [6.07, 6.45) is 2.39. The van der Waals surface area contributed by atoms with Gasteiger partial charge in [0.2, 0.25) is 5.95 Å². The van der Waals surface area contributed by atoms with Gasteiger partial charge >= 0.3 is 0 Å². The lowest BCUT2D eigenvalue weighted by Gasteiger charge is -2.16. The molecule has 2 aromatic rings. The second-order valence-electron chi connectivity index (χ2n) is 6.05. The van der Waals surface area contributed by atoms with Gasteiger partial charge in [-0.2, -0.15) is 0 Å². The van der Waals surface area contributed by atoms with Crippen LogP contribution in [-0.4, -0.2) is 36.1 Å². The van der Waals surface area contributed by atoms with Crippen LogP contribution in [0.25, 0.3) is 0 Å². The van der Waals surface area contributed by atoms with Gasteiger partial charge in [-0.15, -0.1) is 0 Å². The second-order valence-corrected chi connectivity index (χ2v) is 6.05. The quantitative estimate of drug-likeness (QED) is 0.641. The summed E-state index contributed by atoms with van der Waals surface area (Å²) in [6.45, 7) is 4.43. The summed E-state index contributed by atoms with van der Waals surface area (Å²) in [4.78, 5) is 15.8. The zero-order valence-corrected chi connectivity index (χ0v) is 14.7. The SMILES string of the molecule is COc1cccc(NC(N)=NCc2cc(C)nc(N3CCCC3)n2)c1. The molecule has 2 heterocycles. The molecular weight excluding hydrogens is 316 g/mol. The normalized spacial score (nSPS) is 14.6. The third-order valence-electron chi connectivity index (χ3n) is 4.04. The largest absolute Gasteiger partial charge is 0.497 e. The van der Waals surface area contributed by atoms with E-state index >= 15 is 0 Å². The molecule has 0 spiro atoms. The zero-order chi connectivity index (χ0) is 17.6. The van der Waals surface area contributed by atoms with Crippen molar-refractivity contribution in [2.75, 3.05) is 30.4 Å². The van der Waals surface area contributed by atoms with Crippen LogP contribution in [0, 0.1) is 6.92 Å². The topological polar surface area (TPSA) is 88.7 Å². The van der Waals surface area contributed by atoms with E-state index in [1.54, 1.807) is 7.11 Å². The van der Waals surface area contributed by atoms with Gasteiger partial charge < -0.3 is 20.7 Å². The molecule has 1 aliphatic rings. The van der Waals surface area contributed by atoms with Crippen LogP contribution in [0.4, 0.5) is 11.6 Å². The molecule has 7 heteroatoms. The molecule has 1 saturated heterocycles. The Morgan fingerprint density at radius 2 is 2.08 bits per heavy atom. The second kappa shape index (κ2) is 7.83. The number of benzene rings is 1. The van der Waals surface area contributed by atoms with Gasteiger partial charge in [-0.1, -0.05) is 6.07 Å². The van der Waals surface area contributed by atoms with Gasteiger partial charge in [-0.25, -0.2) is 15.0 Å². The van der Waals surface area contributed by atoms with E-state index in [4.69, 9.17) is 10.5 Å². The van der Waals surface area contributed by atoms with E-state index in [9.17, 15) is 0 Å². The lowest BCUT2D eigenvalue weighted by Crippen LogP contribution is -2.23. The van der Waals surface area contributed by atoms with E-state index in [0.717, 1.165) is 41.9 Å². The average Bonchev–Trinajstić information content (AvgIpc) is 3.14. The van der Waals surface area contributed by atoms with Crippen molar-refractivity contribution in [2.24, 2.45) is 10.7 Å². The van der Waals surface area contributed by atoms with Gasteiger partial charge in [-0.3, -0.25) is 0 Å². The van der Waals surface area contributed by atoms with Crippen LogP contribution in [0.1, 0.15) is 24.2 Å². The monoisotopic (exact) mass is 340 g/mol. The number of hydrogen-bond acceptors (Lipinski definition) is 5. The van der Waals surface area contributed by atoms with Crippen LogP contribution in [0.3, 0.4) is 0 Å². The van der Waals surface area contributed by atoms with Crippen LogP contribution in [-0.2, 0) is 6.54 Å². The van der Waals surface area contributed by atoms with E-state index in [0.29, 0.717) is 12.5 Å². The van der Waals surface area contributed by atoms with Crippen LogP contribution in [0.15, 0.2) is 35.3 Å². The van der Waals surface area contributed by atoms with Crippen molar-refractivity contribution in [1.82, 2.24) is 9.97 Å². The molecule has 0 aliphatic carbocycles. The van der Waals surface area contributed by atoms with Crippen LogP contribution in [0.5, 0.6) is 5.75 Å². The molecule has 0 bridgehead atoms. The fourth-order valence-corrected chi connectivity index (χ4v) is 2.81. The number of hydrogen-bond donors (Lipinski definition) is 2. The number of nitrogens with two attached hydrogens (primary N) is 1.